The minimum atomic E-state index is -0.353. The lowest BCUT2D eigenvalue weighted by atomic mass is 10.1. The first kappa shape index (κ1) is 28.4. The zero-order valence-electron chi connectivity index (χ0n) is 20.1. The van der Waals surface area contributed by atoms with Crippen LogP contribution in [-0.2, 0) is 19.1 Å². The van der Waals surface area contributed by atoms with Gasteiger partial charge in [-0.2, -0.15) is 0 Å². The zero-order chi connectivity index (χ0) is 22.8. The number of esters is 2. The molecule has 0 saturated carbocycles. The van der Waals surface area contributed by atoms with Crippen molar-refractivity contribution in [2.24, 2.45) is 0 Å². The summed E-state index contributed by atoms with van der Waals surface area (Å²) in [6.07, 6.45) is 13.0. The van der Waals surface area contributed by atoms with Crippen LogP contribution in [0.2, 0.25) is 0 Å². The molecule has 30 heavy (non-hydrogen) atoms. The smallest absolute Gasteiger partial charge is 0.333 e. The molecule has 0 atom stereocenters. The van der Waals surface area contributed by atoms with Crippen LogP contribution in [0.25, 0.3) is 0 Å². The molecule has 0 rings (SSSR count). The average Bonchev–Trinajstić information content (AvgIpc) is 2.69. The van der Waals surface area contributed by atoms with Crippen LogP contribution in [0.3, 0.4) is 0 Å². The number of hydrogen-bond donors (Lipinski definition) is 0. The van der Waals surface area contributed by atoms with Crippen molar-refractivity contribution in [1.29, 1.82) is 0 Å². The van der Waals surface area contributed by atoms with Gasteiger partial charge in [0.05, 0.1) is 13.6 Å². The zero-order valence-corrected chi connectivity index (χ0v) is 20.1. The summed E-state index contributed by atoms with van der Waals surface area (Å²) in [7, 11) is 2.14. The summed E-state index contributed by atoms with van der Waals surface area (Å²) in [5.41, 5.74) is 0.823. The molecule has 0 aromatic carbocycles. The number of quaternary nitrogens is 1. The first-order valence-corrected chi connectivity index (χ1v) is 11.7. The van der Waals surface area contributed by atoms with Gasteiger partial charge in [-0.3, -0.25) is 0 Å². The Kier molecular flexibility index (Phi) is 16.2. The predicted octanol–water partition coefficient (Wildman–Crippen LogP) is 5.59. The average molecular weight is 425 g/mol. The first-order chi connectivity index (χ1) is 14.2. The molecule has 174 valence electrons. The Bertz CT molecular complexity index is 495. The molecule has 0 aromatic heterocycles. The highest BCUT2D eigenvalue weighted by Gasteiger charge is 2.22. The molecule has 0 aliphatic heterocycles. The van der Waals surface area contributed by atoms with Crippen molar-refractivity contribution in [2.45, 2.75) is 85.0 Å². The van der Waals surface area contributed by atoms with Gasteiger partial charge in [-0.05, 0) is 26.7 Å². The number of nitrogens with zero attached hydrogens (tertiary/aromatic N) is 1. The van der Waals surface area contributed by atoms with Gasteiger partial charge >= 0.3 is 11.9 Å². The van der Waals surface area contributed by atoms with Crippen molar-refractivity contribution >= 4 is 11.9 Å². The van der Waals surface area contributed by atoms with Crippen molar-refractivity contribution < 1.29 is 23.5 Å². The maximum atomic E-state index is 11.6. The Labute approximate surface area is 185 Å². The van der Waals surface area contributed by atoms with E-state index >= 15 is 0 Å². The highest BCUT2D eigenvalue weighted by Crippen LogP contribution is 2.13. The molecule has 0 N–H and O–H groups in total. The highest BCUT2D eigenvalue weighted by molar-refractivity contribution is 5.87. The first-order valence-electron chi connectivity index (χ1n) is 11.7. The van der Waals surface area contributed by atoms with Crippen molar-refractivity contribution in [1.82, 2.24) is 0 Å². The highest BCUT2D eigenvalue weighted by atomic mass is 16.5. The Morgan fingerprint density at radius 3 is 1.40 bits per heavy atom. The molecule has 0 spiro atoms. The van der Waals surface area contributed by atoms with Crippen LogP contribution in [0.4, 0.5) is 0 Å². The third kappa shape index (κ3) is 15.3. The lowest BCUT2D eigenvalue weighted by Crippen LogP contribution is -2.49. The van der Waals surface area contributed by atoms with E-state index in [-0.39, 0.29) is 11.9 Å². The molecule has 0 aliphatic carbocycles. The van der Waals surface area contributed by atoms with Crippen LogP contribution >= 0.6 is 0 Å². The molecule has 0 aliphatic rings. The molecular formula is C25H46NO4+. The Balaban J connectivity index is 4.27. The minimum Gasteiger partial charge on any atom is -0.456 e. The molecule has 0 bridgehead atoms. The second kappa shape index (κ2) is 17.1. The lowest BCUT2D eigenvalue weighted by Gasteiger charge is -2.34. The summed E-state index contributed by atoms with van der Waals surface area (Å²) >= 11 is 0. The van der Waals surface area contributed by atoms with Gasteiger partial charge < -0.3 is 14.0 Å². The normalized spacial score (nSPS) is 11.2. The number of carbonyl (C=O) groups is 2. The van der Waals surface area contributed by atoms with Gasteiger partial charge in [-0.25, -0.2) is 9.59 Å². The minimum absolute atomic E-state index is 0.342. The fourth-order valence-electron chi connectivity index (χ4n) is 3.28. The van der Waals surface area contributed by atoms with E-state index < -0.39 is 0 Å². The summed E-state index contributed by atoms with van der Waals surface area (Å²) in [6, 6.07) is 0. The number of likely N-dealkylation sites (N-methyl/N-ethyl adjacent to an activating group) is 1. The van der Waals surface area contributed by atoms with E-state index in [1.54, 1.807) is 13.8 Å². The summed E-state index contributed by atoms with van der Waals surface area (Å²) in [5, 5.41) is 0. The second-order valence-corrected chi connectivity index (χ2v) is 8.80. The molecule has 0 unspecified atom stereocenters. The van der Waals surface area contributed by atoms with Gasteiger partial charge in [-0.1, -0.05) is 71.4 Å². The van der Waals surface area contributed by atoms with E-state index in [9.17, 15) is 9.59 Å². The molecular weight excluding hydrogens is 378 g/mol. The number of unbranched alkanes of at least 4 members (excludes halogenated alkanes) is 9. The molecule has 0 saturated heterocycles. The molecule has 0 radical (unpaired) electrons. The SMILES string of the molecule is C=C(C)C(=O)OCC[N+](C)(CCCCCCCCCCCC)CCOC(=O)C(=C)C. The maximum Gasteiger partial charge on any atom is 0.333 e. The molecule has 0 heterocycles. The van der Waals surface area contributed by atoms with E-state index in [4.69, 9.17) is 9.47 Å². The van der Waals surface area contributed by atoms with E-state index in [1.165, 1.54) is 57.8 Å². The summed E-state index contributed by atoms with van der Waals surface area (Å²) in [4.78, 5) is 23.3. The van der Waals surface area contributed by atoms with Gasteiger partial charge in [-0.15, -0.1) is 0 Å². The van der Waals surface area contributed by atoms with E-state index in [0.29, 0.717) is 41.9 Å². The van der Waals surface area contributed by atoms with Crippen LogP contribution in [-0.4, -0.2) is 56.3 Å². The van der Waals surface area contributed by atoms with Crippen molar-refractivity contribution in [3.05, 3.63) is 24.3 Å². The quantitative estimate of drug-likeness (QED) is 0.117. The Hall–Kier alpha value is -1.62. The number of hydrogen-bond acceptors (Lipinski definition) is 4. The molecule has 0 fully saturated rings. The predicted molar refractivity (Wildman–Crippen MR) is 124 cm³/mol. The third-order valence-electron chi connectivity index (χ3n) is 5.48. The van der Waals surface area contributed by atoms with Crippen LogP contribution in [0.15, 0.2) is 24.3 Å². The maximum absolute atomic E-state index is 11.6. The summed E-state index contributed by atoms with van der Waals surface area (Å²) in [5.74, 6) is -0.705. The van der Waals surface area contributed by atoms with Crippen molar-refractivity contribution in [3.63, 3.8) is 0 Å². The fraction of sp³-hybridized carbons (Fsp3) is 0.760. The van der Waals surface area contributed by atoms with Gasteiger partial charge in [0.2, 0.25) is 0 Å². The Morgan fingerprint density at radius 1 is 0.667 bits per heavy atom. The van der Waals surface area contributed by atoms with E-state index in [1.807, 2.05) is 0 Å². The van der Waals surface area contributed by atoms with Crippen LogP contribution in [0.1, 0.15) is 85.0 Å². The molecule has 5 nitrogen and oxygen atoms in total. The largest absolute Gasteiger partial charge is 0.456 e. The van der Waals surface area contributed by atoms with E-state index in [2.05, 4.69) is 27.1 Å². The van der Waals surface area contributed by atoms with Gasteiger partial charge in [0.15, 0.2) is 0 Å². The van der Waals surface area contributed by atoms with Crippen LogP contribution in [0, 0.1) is 0 Å². The molecule has 0 aromatic rings. The van der Waals surface area contributed by atoms with E-state index in [0.717, 1.165) is 13.0 Å². The number of rotatable bonds is 19. The number of carbonyl (C=O) groups excluding carboxylic acids is 2. The fourth-order valence-corrected chi connectivity index (χ4v) is 3.28. The summed E-state index contributed by atoms with van der Waals surface area (Å²) < 4.78 is 11.3. The monoisotopic (exact) mass is 424 g/mol. The second-order valence-electron chi connectivity index (χ2n) is 8.80. The molecule has 0 amide bonds. The van der Waals surface area contributed by atoms with Gasteiger partial charge in [0, 0.05) is 11.1 Å². The van der Waals surface area contributed by atoms with Crippen LogP contribution < -0.4 is 0 Å². The third-order valence-corrected chi connectivity index (χ3v) is 5.48. The van der Waals surface area contributed by atoms with Gasteiger partial charge in [0.25, 0.3) is 0 Å². The van der Waals surface area contributed by atoms with Crippen LogP contribution in [0.5, 0.6) is 0 Å². The van der Waals surface area contributed by atoms with Gasteiger partial charge in [0.1, 0.15) is 26.3 Å². The standard InChI is InChI=1S/C25H46NO4/c1-7-8-9-10-11-12-13-14-15-16-17-26(6,18-20-29-24(27)22(2)3)19-21-30-25(28)23(4)5/h2,4,7-21H2,1,3,5-6H3/q+1. The number of ether oxygens (including phenoxy) is 2. The molecule has 5 heteroatoms. The topological polar surface area (TPSA) is 52.6 Å². The lowest BCUT2D eigenvalue weighted by molar-refractivity contribution is -0.910. The van der Waals surface area contributed by atoms with Crippen molar-refractivity contribution in [2.75, 3.05) is 39.9 Å². The summed E-state index contributed by atoms with van der Waals surface area (Å²) in [6.45, 7) is 15.8. The Morgan fingerprint density at radius 2 is 1.03 bits per heavy atom. The van der Waals surface area contributed by atoms with Crippen molar-refractivity contribution in [3.8, 4) is 0 Å².